The Balaban J connectivity index is 1.91. The van der Waals surface area contributed by atoms with Crippen LogP contribution in [0.1, 0.15) is 17.0 Å². The second kappa shape index (κ2) is 6.71. The maximum atomic E-state index is 12.3. The van der Waals surface area contributed by atoms with Gasteiger partial charge in [-0.2, -0.15) is 0 Å². The smallest absolute Gasteiger partial charge is 0.315 e. The Kier molecular flexibility index (Phi) is 4.77. The van der Waals surface area contributed by atoms with Crippen molar-refractivity contribution in [1.82, 2.24) is 14.6 Å². The zero-order chi connectivity index (χ0) is 18.3. The Morgan fingerprint density at radius 1 is 1.20 bits per heavy atom. The Labute approximate surface area is 157 Å². The number of hydrogen-bond acceptors (Lipinski definition) is 4. The molecule has 0 aliphatic heterocycles. The van der Waals surface area contributed by atoms with E-state index >= 15 is 0 Å². The van der Waals surface area contributed by atoms with E-state index in [1.165, 1.54) is 22.7 Å². The number of H-pyrrole nitrogens is 1. The summed E-state index contributed by atoms with van der Waals surface area (Å²) in [5.41, 5.74) is 2.18. The Morgan fingerprint density at radius 2 is 1.84 bits per heavy atom. The van der Waals surface area contributed by atoms with Gasteiger partial charge in [-0.15, -0.1) is 0 Å². The molecule has 130 valence electrons. The summed E-state index contributed by atoms with van der Waals surface area (Å²) in [6, 6.07) is 4.26. The molecule has 2 aromatic heterocycles. The van der Waals surface area contributed by atoms with Gasteiger partial charge in [-0.1, -0.05) is 34.8 Å². The summed E-state index contributed by atoms with van der Waals surface area (Å²) in [5, 5.41) is 3.25. The number of hydrogen-bond donors (Lipinski definition) is 1. The van der Waals surface area contributed by atoms with E-state index < -0.39 is 5.97 Å². The van der Waals surface area contributed by atoms with Crippen LogP contribution in [0.25, 0.3) is 5.65 Å². The number of esters is 1. The van der Waals surface area contributed by atoms with Gasteiger partial charge in [0.25, 0.3) is 5.56 Å². The minimum absolute atomic E-state index is 0.0523. The number of benzene rings is 1. The summed E-state index contributed by atoms with van der Waals surface area (Å²) in [5.74, 6) is -0.510. The molecule has 0 atom stereocenters. The van der Waals surface area contributed by atoms with Gasteiger partial charge < -0.3 is 4.74 Å². The molecule has 0 aliphatic carbocycles. The maximum absolute atomic E-state index is 12.3. The Hall–Kier alpha value is -2.02. The Bertz CT molecular complexity index is 1030. The van der Waals surface area contributed by atoms with Crippen molar-refractivity contribution in [1.29, 1.82) is 0 Å². The molecule has 6 nitrogen and oxygen atoms in total. The summed E-state index contributed by atoms with van der Waals surface area (Å²) in [6.07, 6.45) is -0.0594. The zero-order valence-corrected chi connectivity index (χ0v) is 15.5. The van der Waals surface area contributed by atoms with Crippen LogP contribution in [0.2, 0.25) is 15.1 Å². The van der Waals surface area contributed by atoms with Crippen molar-refractivity contribution in [3.8, 4) is 5.75 Å². The lowest BCUT2D eigenvalue weighted by atomic mass is 10.1. The molecular formula is C16H12Cl3N3O3. The molecule has 0 aliphatic rings. The second-order valence-corrected chi connectivity index (χ2v) is 6.68. The van der Waals surface area contributed by atoms with Crippen molar-refractivity contribution in [3.63, 3.8) is 0 Å². The van der Waals surface area contributed by atoms with E-state index in [2.05, 4.69) is 10.1 Å². The normalized spacial score (nSPS) is 11.1. The molecule has 1 N–H and O–H groups in total. The number of rotatable bonds is 3. The van der Waals surface area contributed by atoms with Crippen LogP contribution >= 0.6 is 34.8 Å². The van der Waals surface area contributed by atoms with Crippen LogP contribution in [0.5, 0.6) is 5.75 Å². The van der Waals surface area contributed by atoms with E-state index in [4.69, 9.17) is 39.5 Å². The van der Waals surface area contributed by atoms with Crippen molar-refractivity contribution in [2.45, 2.75) is 20.3 Å². The highest BCUT2D eigenvalue weighted by Crippen LogP contribution is 2.36. The average molecular weight is 401 g/mol. The first-order valence-electron chi connectivity index (χ1n) is 7.19. The molecule has 3 aromatic rings. The van der Waals surface area contributed by atoms with Crippen molar-refractivity contribution < 1.29 is 9.53 Å². The van der Waals surface area contributed by atoms with Crippen LogP contribution in [0.15, 0.2) is 23.0 Å². The lowest BCUT2D eigenvalue weighted by Crippen LogP contribution is -2.16. The zero-order valence-electron chi connectivity index (χ0n) is 13.2. The second-order valence-electron chi connectivity index (χ2n) is 5.42. The molecule has 0 saturated heterocycles. The molecule has 3 rings (SSSR count). The lowest BCUT2D eigenvalue weighted by Gasteiger charge is -2.12. The topological polar surface area (TPSA) is 76.5 Å². The molecule has 9 heteroatoms. The number of aryl methyl sites for hydroxylation is 2. The highest BCUT2D eigenvalue weighted by atomic mass is 35.5. The van der Waals surface area contributed by atoms with Crippen LogP contribution in [-0.4, -0.2) is 20.6 Å². The molecule has 1 aromatic carbocycles. The first-order valence-corrected chi connectivity index (χ1v) is 8.32. The lowest BCUT2D eigenvalue weighted by molar-refractivity contribution is -0.133. The van der Waals surface area contributed by atoms with Crippen molar-refractivity contribution in [2.75, 3.05) is 0 Å². The standard InChI is InChI=1S/C16H12Cl3N3O3/c1-7-10(8(2)22-13(20-7)6-14(23)21-22)5-15(24)25-16-11(18)3-9(17)4-12(16)19/h3-4,6H,5H2,1-2H3,(H,21,23). The van der Waals surface area contributed by atoms with Gasteiger partial charge in [0.1, 0.15) is 0 Å². The maximum Gasteiger partial charge on any atom is 0.315 e. The van der Waals surface area contributed by atoms with Crippen LogP contribution in [0.4, 0.5) is 0 Å². The highest BCUT2D eigenvalue weighted by molar-refractivity contribution is 6.40. The molecule has 2 heterocycles. The van der Waals surface area contributed by atoms with Crippen LogP contribution in [0.3, 0.4) is 0 Å². The number of halogens is 3. The van der Waals surface area contributed by atoms with Gasteiger partial charge in [-0.05, 0) is 26.0 Å². The van der Waals surface area contributed by atoms with Crippen LogP contribution in [0, 0.1) is 13.8 Å². The minimum atomic E-state index is -0.562. The fraction of sp³-hybridized carbons (Fsp3) is 0.188. The summed E-state index contributed by atoms with van der Waals surface area (Å²) in [6.45, 7) is 3.54. The highest BCUT2D eigenvalue weighted by Gasteiger charge is 2.18. The van der Waals surface area contributed by atoms with Crippen LogP contribution < -0.4 is 10.3 Å². The quantitative estimate of drug-likeness (QED) is 0.536. The third-order valence-corrected chi connectivity index (χ3v) is 4.48. The summed E-state index contributed by atoms with van der Waals surface area (Å²) in [7, 11) is 0. The van der Waals surface area contributed by atoms with Gasteiger partial charge >= 0.3 is 5.97 Å². The first kappa shape index (κ1) is 17.8. The number of aromatic amines is 1. The molecule has 0 unspecified atom stereocenters. The van der Waals surface area contributed by atoms with E-state index in [0.717, 1.165) is 0 Å². The number of nitrogens with one attached hydrogen (secondary N) is 1. The van der Waals surface area contributed by atoms with E-state index in [0.29, 0.717) is 27.6 Å². The van der Waals surface area contributed by atoms with E-state index in [1.807, 2.05) is 0 Å². The Morgan fingerprint density at radius 3 is 2.48 bits per heavy atom. The third kappa shape index (κ3) is 3.51. The summed E-state index contributed by atoms with van der Waals surface area (Å²) in [4.78, 5) is 28.1. The van der Waals surface area contributed by atoms with Crippen molar-refractivity contribution >= 4 is 46.4 Å². The number of fused-ring (bicyclic) bond motifs is 1. The number of carbonyl (C=O) groups excluding carboxylic acids is 1. The summed E-state index contributed by atoms with van der Waals surface area (Å²) < 4.78 is 6.82. The molecule has 0 saturated carbocycles. The number of carbonyl (C=O) groups is 1. The monoisotopic (exact) mass is 399 g/mol. The number of ether oxygens (including phenoxy) is 1. The van der Waals surface area contributed by atoms with E-state index in [9.17, 15) is 9.59 Å². The van der Waals surface area contributed by atoms with E-state index in [-0.39, 0.29) is 27.8 Å². The number of nitrogens with zero attached hydrogens (tertiary/aromatic N) is 2. The average Bonchev–Trinajstić information content (AvgIpc) is 2.88. The SMILES string of the molecule is Cc1nc2cc(=O)[nH]n2c(C)c1CC(=O)Oc1c(Cl)cc(Cl)cc1Cl. The summed E-state index contributed by atoms with van der Waals surface area (Å²) >= 11 is 17.9. The molecular weight excluding hydrogens is 389 g/mol. The molecule has 0 fully saturated rings. The molecule has 0 spiro atoms. The molecule has 0 amide bonds. The predicted molar refractivity (Wildman–Crippen MR) is 96.1 cm³/mol. The van der Waals surface area contributed by atoms with Gasteiger partial charge in [0, 0.05) is 28.0 Å². The van der Waals surface area contributed by atoms with Gasteiger partial charge in [0.05, 0.1) is 16.5 Å². The van der Waals surface area contributed by atoms with Gasteiger partial charge in [-0.25, -0.2) is 9.50 Å². The third-order valence-electron chi connectivity index (χ3n) is 3.70. The first-order chi connectivity index (χ1) is 11.8. The van der Waals surface area contributed by atoms with Gasteiger partial charge in [0.2, 0.25) is 0 Å². The van der Waals surface area contributed by atoms with Gasteiger partial charge in [-0.3, -0.25) is 14.7 Å². The predicted octanol–water partition coefficient (Wildman–Crippen LogP) is 3.75. The minimum Gasteiger partial charge on any atom is -0.423 e. The largest absolute Gasteiger partial charge is 0.423 e. The fourth-order valence-electron chi connectivity index (χ4n) is 2.53. The van der Waals surface area contributed by atoms with Gasteiger partial charge in [0.15, 0.2) is 11.4 Å². The van der Waals surface area contributed by atoms with Crippen molar-refractivity contribution in [2.24, 2.45) is 0 Å². The molecule has 25 heavy (non-hydrogen) atoms. The van der Waals surface area contributed by atoms with Crippen LogP contribution in [-0.2, 0) is 11.2 Å². The van der Waals surface area contributed by atoms with E-state index in [1.54, 1.807) is 13.8 Å². The molecule has 0 radical (unpaired) electrons. The molecule has 0 bridgehead atoms. The van der Waals surface area contributed by atoms with Crippen molar-refractivity contribution in [3.05, 3.63) is 60.6 Å². The number of aromatic nitrogens is 3. The fourth-order valence-corrected chi connectivity index (χ4v) is 3.43.